The summed E-state index contributed by atoms with van der Waals surface area (Å²) in [6.07, 6.45) is 0. The highest BCUT2D eigenvalue weighted by Gasteiger charge is 2.19. The van der Waals surface area contributed by atoms with Gasteiger partial charge >= 0.3 is 0 Å². The first-order valence-corrected chi connectivity index (χ1v) is 8.29. The summed E-state index contributed by atoms with van der Waals surface area (Å²) in [6, 6.07) is 11.3. The van der Waals surface area contributed by atoms with Crippen LogP contribution in [0.1, 0.15) is 0 Å². The second-order valence-electron chi connectivity index (χ2n) is 4.59. The second-order valence-corrected chi connectivity index (χ2v) is 7.09. The van der Waals surface area contributed by atoms with Crippen molar-refractivity contribution in [3.05, 3.63) is 52.5 Å². The van der Waals surface area contributed by atoms with Crippen LogP contribution in [0.15, 0.2) is 47.4 Å². The molecule has 0 aliphatic carbocycles. The largest absolute Gasteiger partial charge is 0.376 e. The number of sulfonamides is 1. The van der Waals surface area contributed by atoms with Gasteiger partial charge in [-0.25, -0.2) is 8.42 Å². The van der Waals surface area contributed by atoms with Crippen LogP contribution < -0.4 is 9.62 Å². The number of halogens is 2. The van der Waals surface area contributed by atoms with Gasteiger partial charge in [-0.05, 0) is 30.3 Å². The van der Waals surface area contributed by atoms with E-state index in [1.807, 2.05) is 14.1 Å². The lowest BCUT2D eigenvalue weighted by atomic mass is 10.2. The van der Waals surface area contributed by atoms with Crippen molar-refractivity contribution in [3.8, 4) is 0 Å². The smallest absolute Gasteiger partial charge is 0.263 e. The van der Waals surface area contributed by atoms with Crippen molar-refractivity contribution in [2.75, 3.05) is 23.7 Å². The summed E-state index contributed by atoms with van der Waals surface area (Å²) < 4.78 is 27.4. The van der Waals surface area contributed by atoms with E-state index in [1.54, 1.807) is 35.2 Å². The van der Waals surface area contributed by atoms with Crippen molar-refractivity contribution < 1.29 is 8.42 Å². The third kappa shape index (κ3) is 3.61. The first-order chi connectivity index (χ1) is 9.81. The molecule has 2 aromatic carbocycles. The van der Waals surface area contributed by atoms with Gasteiger partial charge in [0.25, 0.3) is 10.0 Å². The molecule has 0 unspecified atom stereocenters. The molecule has 0 amide bonds. The lowest BCUT2D eigenvalue weighted by Gasteiger charge is -2.19. The van der Waals surface area contributed by atoms with Crippen LogP contribution in [0.25, 0.3) is 0 Å². The van der Waals surface area contributed by atoms with E-state index in [9.17, 15) is 8.42 Å². The molecular formula is C14H14Cl2N2O2S. The first kappa shape index (κ1) is 15.9. The van der Waals surface area contributed by atoms with E-state index in [1.165, 1.54) is 12.1 Å². The van der Waals surface area contributed by atoms with Gasteiger partial charge in [0.05, 0.1) is 16.4 Å². The van der Waals surface area contributed by atoms with Crippen molar-refractivity contribution in [2.45, 2.75) is 4.90 Å². The summed E-state index contributed by atoms with van der Waals surface area (Å²) in [5.74, 6) is 0. The third-order valence-corrected chi connectivity index (χ3v) is 4.91. The Hall–Kier alpha value is -1.43. The summed E-state index contributed by atoms with van der Waals surface area (Å²) >= 11 is 11.9. The van der Waals surface area contributed by atoms with Gasteiger partial charge in [-0.15, -0.1) is 0 Å². The molecule has 0 aromatic heterocycles. The lowest BCUT2D eigenvalue weighted by molar-refractivity contribution is 0.601. The summed E-state index contributed by atoms with van der Waals surface area (Å²) in [5, 5.41) is 0.607. The van der Waals surface area contributed by atoms with Crippen molar-refractivity contribution in [1.82, 2.24) is 0 Å². The Labute approximate surface area is 134 Å². The van der Waals surface area contributed by atoms with Crippen LogP contribution in [0.3, 0.4) is 0 Å². The Morgan fingerprint density at radius 3 is 2.33 bits per heavy atom. The van der Waals surface area contributed by atoms with Gasteiger partial charge in [-0.1, -0.05) is 35.3 Å². The molecule has 2 aromatic rings. The van der Waals surface area contributed by atoms with Gasteiger partial charge in [-0.2, -0.15) is 0 Å². The van der Waals surface area contributed by atoms with Gasteiger partial charge in [0, 0.05) is 19.1 Å². The Bertz CT molecular complexity index is 761. The number of hydrogen-bond acceptors (Lipinski definition) is 3. The molecule has 0 heterocycles. The van der Waals surface area contributed by atoms with Crippen LogP contribution >= 0.6 is 23.2 Å². The third-order valence-electron chi connectivity index (χ3n) is 2.81. The van der Waals surface area contributed by atoms with Crippen molar-refractivity contribution in [3.63, 3.8) is 0 Å². The number of rotatable bonds is 4. The Kier molecular flexibility index (Phi) is 4.66. The number of anilines is 2. The molecule has 0 fully saturated rings. The molecule has 0 aliphatic rings. The minimum atomic E-state index is -3.78. The highest BCUT2D eigenvalue weighted by molar-refractivity contribution is 7.92. The van der Waals surface area contributed by atoms with E-state index in [0.29, 0.717) is 16.4 Å². The zero-order chi connectivity index (χ0) is 15.6. The van der Waals surface area contributed by atoms with Gasteiger partial charge in [0.1, 0.15) is 4.90 Å². The molecule has 1 N–H and O–H groups in total. The fourth-order valence-corrected chi connectivity index (χ4v) is 3.60. The van der Waals surface area contributed by atoms with Gasteiger partial charge in [0.2, 0.25) is 0 Å². The molecule has 112 valence electrons. The van der Waals surface area contributed by atoms with Crippen LogP contribution in [-0.4, -0.2) is 22.5 Å². The molecule has 21 heavy (non-hydrogen) atoms. The molecule has 0 saturated heterocycles. The fraction of sp³-hybridized carbons (Fsp3) is 0.143. The molecule has 2 rings (SSSR count). The SMILES string of the molecule is CN(C)c1ccc(Cl)cc1NS(=O)(=O)c1ccccc1Cl. The Morgan fingerprint density at radius 2 is 1.71 bits per heavy atom. The molecule has 7 heteroatoms. The molecule has 0 bridgehead atoms. The van der Waals surface area contributed by atoms with Crippen molar-refractivity contribution in [2.24, 2.45) is 0 Å². The average Bonchev–Trinajstić information content (AvgIpc) is 2.38. The fourth-order valence-electron chi connectivity index (χ4n) is 1.84. The van der Waals surface area contributed by atoms with Gasteiger partial charge < -0.3 is 4.90 Å². The van der Waals surface area contributed by atoms with Crippen LogP contribution in [0.4, 0.5) is 11.4 Å². The van der Waals surface area contributed by atoms with Crippen LogP contribution in [0.2, 0.25) is 10.0 Å². The predicted octanol–water partition coefficient (Wildman–Crippen LogP) is 3.86. The number of nitrogens with zero attached hydrogens (tertiary/aromatic N) is 1. The number of benzene rings is 2. The maximum atomic E-state index is 12.5. The summed E-state index contributed by atoms with van der Waals surface area (Å²) in [7, 11) is -0.152. The summed E-state index contributed by atoms with van der Waals surface area (Å²) in [6.45, 7) is 0. The van der Waals surface area contributed by atoms with Crippen molar-refractivity contribution in [1.29, 1.82) is 0 Å². The van der Waals surface area contributed by atoms with E-state index in [4.69, 9.17) is 23.2 Å². The highest BCUT2D eigenvalue weighted by atomic mass is 35.5. The minimum absolute atomic E-state index is 0.0244. The summed E-state index contributed by atoms with van der Waals surface area (Å²) in [5.41, 5.74) is 1.10. The van der Waals surface area contributed by atoms with Crippen molar-refractivity contribution >= 4 is 44.6 Å². The summed E-state index contributed by atoms with van der Waals surface area (Å²) in [4.78, 5) is 1.82. The molecular weight excluding hydrogens is 331 g/mol. The minimum Gasteiger partial charge on any atom is -0.376 e. The number of nitrogens with one attached hydrogen (secondary N) is 1. The van der Waals surface area contributed by atoms with Gasteiger partial charge in [-0.3, -0.25) is 4.72 Å². The normalized spacial score (nSPS) is 11.2. The van der Waals surface area contributed by atoms with E-state index in [0.717, 1.165) is 0 Å². The highest BCUT2D eigenvalue weighted by Crippen LogP contribution is 2.31. The van der Waals surface area contributed by atoms with E-state index in [-0.39, 0.29) is 9.92 Å². The quantitative estimate of drug-likeness (QED) is 0.915. The van der Waals surface area contributed by atoms with Crippen LogP contribution in [-0.2, 0) is 10.0 Å². The van der Waals surface area contributed by atoms with E-state index in [2.05, 4.69) is 4.72 Å². The maximum absolute atomic E-state index is 12.5. The maximum Gasteiger partial charge on any atom is 0.263 e. The van der Waals surface area contributed by atoms with Crippen LogP contribution in [0.5, 0.6) is 0 Å². The average molecular weight is 345 g/mol. The zero-order valence-electron chi connectivity index (χ0n) is 11.5. The first-order valence-electron chi connectivity index (χ1n) is 6.05. The topological polar surface area (TPSA) is 49.4 Å². The molecule has 0 spiro atoms. The van der Waals surface area contributed by atoms with E-state index >= 15 is 0 Å². The standard InChI is InChI=1S/C14H14Cl2N2O2S/c1-18(2)13-8-7-10(15)9-12(13)17-21(19,20)14-6-4-3-5-11(14)16/h3-9,17H,1-2H3. The Morgan fingerprint density at radius 1 is 1.05 bits per heavy atom. The predicted molar refractivity (Wildman–Crippen MR) is 88.0 cm³/mol. The molecule has 0 aliphatic heterocycles. The van der Waals surface area contributed by atoms with E-state index < -0.39 is 10.0 Å². The lowest BCUT2D eigenvalue weighted by Crippen LogP contribution is -2.17. The number of hydrogen-bond donors (Lipinski definition) is 1. The molecule has 4 nitrogen and oxygen atoms in total. The molecule has 0 saturated carbocycles. The second kappa shape index (κ2) is 6.13. The van der Waals surface area contributed by atoms with Crippen LogP contribution in [0, 0.1) is 0 Å². The molecule has 0 atom stereocenters. The van der Waals surface area contributed by atoms with Gasteiger partial charge in [0.15, 0.2) is 0 Å². The Balaban J connectivity index is 2.47. The monoisotopic (exact) mass is 344 g/mol. The zero-order valence-corrected chi connectivity index (χ0v) is 13.8. The molecule has 0 radical (unpaired) electrons.